The Bertz CT molecular complexity index is 449. The molecular weight excluding hydrogens is 233 g/mol. The Kier molecular flexibility index (Phi) is 3.66. The van der Waals surface area contributed by atoms with Gasteiger partial charge in [-0.25, -0.2) is 4.39 Å². The molecule has 1 saturated heterocycles. The van der Waals surface area contributed by atoms with Gasteiger partial charge in [0.1, 0.15) is 11.4 Å². The number of carboxylic acids is 1. The van der Waals surface area contributed by atoms with Gasteiger partial charge in [0.15, 0.2) is 0 Å². The van der Waals surface area contributed by atoms with Crippen LogP contribution in [0.3, 0.4) is 0 Å². The predicted molar refractivity (Wildman–Crippen MR) is 66.7 cm³/mol. The van der Waals surface area contributed by atoms with Crippen LogP contribution in [0.2, 0.25) is 0 Å². The summed E-state index contributed by atoms with van der Waals surface area (Å²) in [5.41, 5.74) is 0.0581. The molecule has 0 saturated carbocycles. The van der Waals surface area contributed by atoms with Gasteiger partial charge in [0.05, 0.1) is 0 Å². The fourth-order valence-electron chi connectivity index (χ4n) is 2.81. The van der Waals surface area contributed by atoms with Gasteiger partial charge in [-0.05, 0) is 43.5 Å². The minimum Gasteiger partial charge on any atom is -0.480 e. The molecule has 1 atom stereocenters. The number of aliphatic carboxylic acids is 1. The SMILES string of the molecule is CCC1(C(=O)O)CCCN1Cc1cccc(F)c1. The van der Waals surface area contributed by atoms with Crippen LogP contribution in [0.15, 0.2) is 24.3 Å². The predicted octanol–water partition coefficient (Wildman–Crippen LogP) is 2.65. The Morgan fingerprint density at radius 2 is 2.33 bits per heavy atom. The third kappa shape index (κ3) is 2.25. The normalized spacial score (nSPS) is 24.3. The molecule has 1 unspecified atom stereocenters. The van der Waals surface area contributed by atoms with Crippen molar-refractivity contribution in [2.75, 3.05) is 6.54 Å². The van der Waals surface area contributed by atoms with E-state index in [0.29, 0.717) is 19.4 Å². The fourth-order valence-corrected chi connectivity index (χ4v) is 2.81. The molecule has 0 amide bonds. The maximum Gasteiger partial charge on any atom is 0.324 e. The molecule has 1 heterocycles. The number of hydrogen-bond acceptors (Lipinski definition) is 2. The van der Waals surface area contributed by atoms with Crippen molar-refractivity contribution >= 4 is 5.97 Å². The number of rotatable bonds is 4. The van der Waals surface area contributed by atoms with Crippen molar-refractivity contribution in [3.8, 4) is 0 Å². The first-order valence-corrected chi connectivity index (χ1v) is 6.31. The zero-order chi connectivity index (χ0) is 13.2. The molecule has 0 aliphatic carbocycles. The summed E-state index contributed by atoms with van der Waals surface area (Å²) in [5, 5.41) is 9.45. The molecule has 3 nitrogen and oxygen atoms in total. The molecule has 2 rings (SSSR count). The van der Waals surface area contributed by atoms with Crippen molar-refractivity contribution in [1.82, 2.24) is 4.90 Å². The maximum absolute atomic E-state index is 13.1. The number of halogens is 1. The number of hydrogen-bond donors (Lipinski definition) is 1. The Labute approximate surface area is 106 Å². The minimum absolute atomic E-state index is 0.274. The molecule has 0 spiro atoms. The quantitative estimate of drug-likeness (QED) is 0.894. The van der Waals surface area contributed by atoms with Crippen LogP contribution in [0.25, 0.3) is 0 Å². The summed E-state index contributed by atoms with van der Waals surface area (Å²) in [5.74, 6) is -1.04. The van der Waals surface area contributed by atoms with Gasteiger partial charge in [-0.2, -0.15) is 0 Å². The van der Waals surface area contributed by atoms with E-state index >= 15 is 0 Å². The molecule has 1 N–H and O–H groups in total. The maximum atomic E-state index is 13.1. The van der Waals surface area contributed by atoms with E-state index in [9.17, 15) is 14.3 Å². The first kappa shape index (κ1) is 13.0. The van der Waals surface area contributed by atoms with Crippen molar-refractivity contribution in [1.29, 1.82) is 0 Å². The lowest BCUT2D eigenvalue weighted by atomic mass is 9.92. The Balaban J connectivity index is 2.20. The van der Waals surface area contributed by atoms with E-state index in [1.54, 1.807) is 6.07 Å². The van der Waals surface area contributed by atoms with Gasteiger partial charge in [-0.3, -0.25) is 9.69 Å². The van der Waals surface area contributed by atoms with Crippen LogP contribution in [-0.4, -0.2) is 28.1 Å². The second-order valence-electron chi connectivity index (χ2n) is 4.85. The Hall–Kier alpha value is -1.42. The van der Waals surface area contributed by atoms with Crippen molar-refractivity contribution in [3.05, 3.63) is 35.6 Å². The van der Waals surface area contributed by atoms with Crippen LogP contribution in [0, 0.1) is 5.82 Å². The fraction of sp³-hybridized carbons (Fsp3) is 0.500. The van der Waals surface area contributed by atoms with Crippen LogP contribution in [0.5, 0.6) is 0 Å². The molecule has 4 heteroatoms. The molecule has 1 aliphatic heterocycles. The van der Waals surface area contributed by atoms with E-state index in [-0.39, 0.29) is 5.82 Å². The Morgan fingerprint density at radius 1 is 1.56 bits per heavy atom. The van der Waals surface area contributed by atoms with Crippen LogP contribution >= 0.6 is 0 Å². The smallest absolute Gasteiger partial charge is 0.324 e. The van der Waals surface area contributed by atoms with E-state index < -0.39 is 11.5 Å². The van der Waals surface area contributed by atoms with Gasteiger partial charge in [0.25, 0.3) is 0 Å². The number of benzene rings is 1. The standard InChI is InChI=1S/C14H18FNO2/c1-2-14(13(17)18)7-4-8-16(14)10-11-5-3-6-12(15)9-11/h3,5-6,9H,2,4,7-8,10H2,1H3,(H,17,18). The monoisotopic (exact) mass is 251 g/mol. The van der Waals surface area contributed by atoms with E-state index in [1.165, 1.54) is 12.1 Å². The summed E-state index contributed by atoms with van der Waals surface area (Å²) in [6.45, 7) is 3.16. The molecule has 1 aliphatic rings. The molecule has 98 valence electrons. The van der Waals surface area contributed by atoms with Crippen LogP contribution in [0.4, 0.5) is 4.39 Å². The highest BCUT2D eigenvalue weighted by atomic mass is 19.1. The molecular formula is C14H18FNO2. The van der Waals surface area contributed by atoms with Gasteiger partial charge >= 0.3 is 5.97 Å². The van der Waals surface area contributed by atoms with E-state index in [2.05, 4.69) is 0 Å². The molecule has 18 heavy (non-hydrogen) atoms. The van der Waals surface area contributed by atoms with Gasteiger partial charge in [-0.1, -0.05) is 19.1 Å². The zero-order valence-corrected chi connectivity index (χ0v) is 10.5. The molecule has 1 fully saturated rings. The molecule has 1 aromatic rings. The summed E-state index contributed by atoms with van der Waals surface area (Å²) < 4.78 is 13.1. The third-order valence-corrected chi connectivity index (χ3v) is 3.87. The van der Waals surface area contributed by atoms with Crippen LogP contribution < -0.4 is 0 Å². The topological polar surface area (TPSA) is 40.5 Å². The summed E-state index contributed by atoms with van der Waals surface area (Å²) in [7, 11) is 0. The number of carboxylic acid groups (broad SMARTS) is 1. The molecule has 0 radical (unpaired) electrons. The lowest BCUT2D eigenvalue weighted by molar-refractivity contribution is -0.150. The lowest BCUT2D eigenvalue weighted by Crippen LogP contribution is -2.49. The zero-order valence-electron chi connectivity index (χ0n) is 10.5. The van der Waals surface area contributed by atoms with Crippen molar-refractivity contribution < 1.29 is 14.3 Å². The third-order valence-electron chi connectivity index (χ3n) is 3.87. The van der Waals surface area contributed by atoms with Crippen LogP contribution in [-0.2, 0) is 11.3 Å². The number of likely N-dealkylation sites (tertiary alicyclic amines) is 1. The van der Waals surface area contributed by atoms with Crippen molar-refractivity contribution in [3.63, 3.8) is 0 Å². The lowest BCUT2D eigenvalue weighted by Gasteiger charge is -2.33. The highest BCUT2D eigenvalue weighted by Gasteiger charge is 2.45. The number of nitrogens with zero attached hydrogens (tertiary/aromatic N) is 1. The average molecular weight is 251 g/mol. The minimum atomic E-state index is -0.772. The highest BCUT2D eigenvalue weighted by Crippen LogP contribution is 2.34. The average Bonchev–Trinajstić information content (AvgIpc) is 2.73. The van der Waals surface area contributed by atoms with E-state index in [4.69, 9.17) is 0 Å². The summed E-state index contributed by atoms with van der Waals surface area (Å²) in [6, 6.07) is 6.37. The highest BCUT2D eigenvalue weighted by molar-refractivity contribution is 5.79. The van der Waals surface area contributed by atoms with Gasteiger partial charge in [-0.15, -0.1) is 0 Å². The molecule has 0 bridgehead atoms. The largest absolute Gasteiger partial charge is 0.480 e. The number of carbonyl (C=O) groups is 1. The second kappa shape index (κ2) is 5.06. The Morgan fingerprint density at radius 3 is 2.94 bits per heavy atom. The van der Waals surface area contributed by atoms with E-state index in [0.717, 1.165) is 18.5 Å². The van der Waals surface area contributed by atoms with E-state index in [1.807, 2.05) is 17.9 Å². The summed E-state index contributed by atoms with van der Waals surface area (Å²) in [6.07, 6.45) is 2.14. The second-order valence-corrected chi connectivity index (χ2v) is 4.85. The summed E-state index contributed by atoms with van der Waals surface area (Å²) in [4.78, 5) is 13.5. The van der Waals surface area contributed by atoms with Crippen molar-refractivity contribution in [2.24, 2.45) is 0 Å². The van der Waals surface area contributed by atoms with Gasteiger partial charge < -0.3 is 5.11 Å². The first-order chi connectivity index (χ1) is 8.58. The first-order valence-electron chi connectivity index (χ1n) is 6.31. The van der Waals surface area contributed by atoms with Crippen molar-refractivity contribution in [2.45, 2.75) is 38.3 Å². The summed E-state index contributed by atoms with van der Waals surface area (Å²) >= 11 is 0. The molecule has 1 aromatic carbocycles. The van der Waals surface area contributed by atoms with Crippen LogP contribution in [0.1, 0.15) is 31.7 Å². The van der Waals surface area contributed by atoms with Gasteiger partial charge in [0, 0.05) is 6.54 Å². The van der Waals surface area contributed by atoms with Gasteiger partial charge in [0.2, 0.25) is 0 Å². The molecule has 0 aromatic heterocycles.